The molecule has 182 valence electrons. The number of carbonyl (C=O) groups is 3. The van der Waals surface area contributed by atoms with Crippen molar-refractivity contribution in [3.05, 3.63) is 108 Å². The number of hydrogen-bond acceptors (Lipinski definition) is 4. The van der Waals surface area contributed by atoms with E-state index in [1.807, 2.05) is 91.0 Å². The number of carbonyl (C=O) groups excluding carboxylic acids is 3. The van der Waals surface area contributed by atoms with Gasteiger partial charge < -0.3 is 21.1 Å². The minimum Gasteiger partial charge on any atom is -0.445 e. The summed E-state index contributed by atoms with van der Waals surface area (Å²) in [7, 11) is 0. The van der Waals surface area contributed by atoms with Crippen LogP contribution in [0.3, 0.4) is 0 Å². The highest BCUT2D eigenvalue weighted by Gasteiger charge is 2.26. The highest BCUT2D eigenvalue weighted by atomic mass is 16.5. The van der Waals surface area contributed by atoms with Crippen LogP contribution in [0, 0.1) is 0 Å². The quantitative estimate of drug-likeness (QED) is 0.374. The lowest BCUT2D eigenvalue weighted by Gasteiger charge is -2.22. The van der Waals surface area contributed by atoms with Crippen LogP contribution in [0.5, 0.6) is 0 Å². The molecule has 3 aromatic carbocycles. The van der Waals surface area contributed by atoms with Crippen LogP contribution in [-0.4, -0.2) is 30.0 Å². The second-order valence-electron chi connectivity index (χ2n) is 8.29. The largest absolute Gasteiger partial charge is 0.445 e. The van der Waals surface area contributed by atoms with Crippen LogP contribution in [-0.2, 0) is 33.8 Å². The number of amides is 3. The molecule has 3 amide bonds. The molecule has 0 saturated carbocycles. The van der Waals surface area contributed by atoms with Crippen LogP contribution < -0.4 is 16.4 Å². The van der Waals surface area contributed by atoms with Gasteiger partial charge in [0.2, 0.25) is 11.8 Å². The first-order valence-corrected chi connectivity index (χ1v) is 11.7. The maximum atomic E-state index is 13.1. The summed E-state index contributed by atoms with van der Waals surface area (Å²) in [5.74, 6) is -1.11. The number of hydrogen-bond donors (Lipinski definition) is 3. The van der Waals surface area contributed by atoms with Gasteiger partial charge in [-0.3, -0.25) is 9.59 Å². The molecule has 0 unspecified atom stereocenters. The van der Waals surface area contributed by atoms with Crippen LogP contribution >= 0.6 is 0 Å². The fourth-order valence-corrected chi connectivity index (χ4v) is 3.68. The van der Waals surface area contributed by atoms with Gasteiger partial charge in [-0.15, -0.1) is 0 Å². The monoisotopic (exact) mass is 473 g/mol. The van der Waals surface area contributed by atoms with Gasteiger partial charge in [0, 0.05) is 6.42 Å². The zero-order valence-corrected chi connectivity index (χ0v) is 19.6. The Morgan fingerprint density at radius 2 is 1.26 bits per heavy atom. The lowest BCUT2D eigenvalue weighted by molar-refractivity contribution is -0.128. The predicted molar refractivity (Wildman–Crippen MR) is 134 cm³/mol. The van der Waals surface area contributed by atoms with Crippen LogP contribution in [0.15, 0.2) is 91.0 Å². The topological polar surface area (TPSA) is 111 Å². The molecule has 0 heterocycles. The van der Waals surface area contributed by atoms with Gasteiger partial charge in [0.1, 0.15) is 18.7 Å². The summed E-state index contributed by atoms with van der Waals surface area (Å²) in [6.07, 6.45) is 1.35. The normalized spacial score (nSPS) is 12.2. The fourth-order valence-electron chi connectivity index (χ4n) is 3.68. The summed E-state index contributed by atoms with van der Waals surface area (Å²) in [6, 6.07) is 26.7. The molecule has 0 aromatic heterocycles. The summed E-state index contributed by atoms with van der Waals surface area (Å²) in [4.78, 5) is 37.6. The van der Waals surface area contributed by atoms with Gasteiger partial charge in [0.25, 0.3) is 0 Å². The Hall–Kier alpha value is -4.13. The lowest BCUT2D eigenvalue weighted by Crippen LogP contribution is -2.53. The van der Waals surface area contributed by atoms with Gasteiger partial charge >= 0.3 is 6.09 Å². The third kappa shape index (κ3) is 8.97. The van der Waals surface area contributed by atoms with Crippen molar-refractivity contribution in [2.75, 3.05) is 0 Å². The molecule has 3 rings (SSSR count). The molecule has 4 N–H and O–H groups in total. The van der Waals surface area contributed by atoms with Crippen LogP contribution in [0.2, 0.25) is 0 Å². The number of alkyl carbamates (subject to hydrolysis) is 1. The summed E-state index contributed by atoms with van der Waals surface area (Å²) in [5.41, 5.74) is 8.40. The fraction of sp³-hybridized carbons (Fsp3) is 0.250. The van der Waals surface area contributed by atoms with Crippen molar-refractivity contribution in [1.29, 1.82) is 0 Å². The van der Waals surface area contributed by atoms with E-state index in [1.54, 1.807) is 0 Å². The Kier molecular flexibility index (Phi) is 9.87. The molecule has 0 radical (unpaired) electrons. The zero-order valence-electron chi connectivity index (χ0n) is 19.6. The number of primary amides is 1. The highest BCUT2D eigenvalue weighted by Crippen LogP contribution is 2.09. The summed E-state index contributed by atoms with van der Waals surface area (Å²) < 4.78 is 5.29. The number of ether oxygens (including phenoxy) is 1. The van der Waals surface area contributed by atoms with E-state index in [4.69, 9.17) is 10.5 Å². The van der Waals surface area contributed by atoms with Crippen molar-refractivity contribution in [2.24, 2.45) is 5.73 Å². The SMILES string of the molecule is NC(=O)[C@H](CCCc1ccccc1)NC(=O)[C@H](Cc1ccccc1)NC(=O)OCc1ccccc1. The summed E-state index contributed by atoms with van der Waals surface area (Å²) in [5, 5.41) is 5.35. The van der Waals surface area contributed by atoms with Gasteiger partial charge in [0.15, 0.2) is 0 Å². The van der Waals surface area contributed by atoms with Gasteiger partial charge in [-0.2, -0.15) is 0 Å². The molecule has 3 aromatic rings. The second-order valence-corrected chi connectivity index (χ2v) is 8.29. The molecule has 7 heteroatoms. The number of rotatable bonds is 12. The first-order valence-electron chi connectivity index (χ1n) is 11.7. The standard InChI is InChI=1S/C28H31N3O4/c29-26(32)24(18-10-17-21-11-4-1-5-12-21)30-27(33)25(19-22-13-6-2-7-14-22)31-28(34)35-20-23-15-8-3-9-16-23/h1-9,11-16,24-25H,10,17-20H2,(H2,29,32)(H,30,33)(H,31,34)/t24-,25-/m0/s1. The van der Waals surface area contributed by atoms with Crippen LogP contribution in [0.4, 0.5) is 4.79 Å². The van der Waals surface area contributed by atoms with Gasteiger partial charge in [0.05, 0.1) is 0 Å². The maximum absolute atomic E-state index is 13.1. The molecular formula is C28H31N3O4. The molecule has 0 aliphatic heterocycles. The van der Waals surface area contributed by atoms with Crippen molar-refractivity contribution in [3.8, 4) is 0 Å². The predicted octanol–water partition coefficient (Wildman–Crippen LogP) is 3.52. The molecular weight excluding hydrogens is 442 g/mol. The van der Waals surface area contributed by atoms with Gasteiger partial charge in [-0.05, 0) is 36.0 Å². The average molecular weight is 474 g/mol. The molecule has 0 fully saturated rings. The van der Waals surface area contributed by atoms with E-state index in [0.717, 1.165) is 23.1 Å². The van der Waals surface area contributed by atoms with Crippen LogP contribution in [0.1, 0.15) is 29.5 Å². The second kappa shape index (κ2) is 13.5. The third-order valence-corrected chi connectivity index (χ3v) is 5.56. The molecule has 0 aliphatic rings. The average Bonchev–Trinajstić information content (AvgIpc) is 2.88. The first-order chi connectivity index (χ1) is 17.0. The number of nitrogens with two attached hydrogens (primary N) is 1. The Bertz CT molecular complexity index is 1080. The molecule has 0 aliphatic carbocycles. The number of benzene rings is 3. The summed E-state index contributed by atoms with van der Waals surface area (Å²) in [6.45, 7) is 0.0791. The molecule has 0 saturated heterocycles. The van der Waals surface area contributed by atoms with Crippen molar-refractivity contribution < 1.29 is 19.1 Å². The van der Waals surface area contributed by atoms with Crippen LogP contribution in [0.25, 0.3) is 0 Å². The van der Waals surface area contributed by atoms with Crippen molar-refractivity contribution in [3.63, 3.8) is 0 Å². The summed E-state index contributed by atoms with van der Waals surface area (Å²) >= 11 is 0. The van der Waals surface area contributed by atoms with E-state index in [0.29, 0.717) is 12.8 Å². The molecule has 0 bridgehead atoms. The molecule has 7 nitrogen and oxygen atoms in total. The first kappa shape index (κ1) is 25.5. The Morgan fingerprint density at radius 3 is 1.83 bits per heavy atom. The molecule has 0 spiro atoms. The highest BCUT2D eigenvalue weighted by molar-refractivity contribution is 5.90. The zero-order chi connectivity index (χ0) is 24.9. The van der Waals surface area contributed by atoms with Crippen molar-refractivity contribution in [1.82, 2.24) is 10.6 Å². The minimum absolute atomic E-state index is 0.0791. The Labute approximate surface area is 205 Å². The van der Waals surface area contributed by atoms with Gasteiger partial charge in [-0.1, -0.05) is 91.0 Å². The maximum Gasteiger partial charge on any atom is 0.408 e. The van der Waals surface area contributed by atoms with Gasteiger partial charge in [-0.25, -0.2) is 4.79 Å². The number of nitrogens with one attached hydrogen (secondary N) is 2. The third-order valence-electron chi connectivity index (χ3n) is 5.56. The molecule has 2 atom stereocenters. The molecule has 35 heavy (non-hydrogen) atoms. The van der Waals surface area contributed by atoms with Crippen molar-refractivity contribution >= 4 is 17.9 Å². The van der Waals surface area contributed by atoms with E-state index in [-0.39, 0.29) is 13.0 Å². The Balaban J connectivity index is 1.61. The Morgan fingerprint density at radius 1 is 0.714 bits per heavy atom. The lowest BCUT2D eigenvalue weighted by atomic mass is 10.0. The van der Waals surface area contributed by atoms with E-state index in [1.165, 1.54) is 0 Å². The van der Waals surface area contributed by atoms with E-state index >= 15 is 0 Å². The van der Waals surface area contributed by atoms with E-state index in [9.17, 15) is 14.4 Å². The smallest absolute Gasteiger partial charge is 0.408 e. The van der Waals surface area contributed by atoms with Crippen molar-refractivity contribution in [2.45, 2.75) is 44.4 Å². The van der Waals surface area contributed by atoms with E-state index < -0.39 is 30.0 Å². The minimum atomic E-state index is -0.934. The van der Waals surface area contributed by atoms with E-state index in [2.05, 4.69) is 10.6 Å². The number of aryl methyl sites for hydroxylation is 1.